The first-order valence-corrected chi connectivity index (χ1v) is 7.90. The van der Waals surface area contributed by atoms with Crippen LogP contribution in [-0.2, 0) is 0 Å². The van der Waals surface area contributed by atoms with Crippen LogP contribution < -0.4 is 0 Å². The van der Waals surface area contributed by atoms with Gasteiger partial charge in [-0.05, 0) is 0 Å². The predicted molar refractivity (Wildman–Crippen MR) is 82.0 cm³/mol. The largest absolute Gasteiger partial charge is 0.0782 e. The second kappa shape index (κ2) is 14.2. The lowest BCUT2D eigenvalue weighted by atomic mass is 9.45. The van der Waals surface area contributed by atoms with Crippen molar-refractivity contribution in [3.05, 3.63) is 0 Å². The van der Waals surface area contributed by atoms with Crippen molar-refractivity contribution in [2.45, 2.75) is 96.7 Å². The molecular weight excluding hydrogens is 202 g/mol. The molecule has 2 heteroatoms. The average Bonchev–Trinajstić information content (AvgIpc) is 2.36. The van der Waals surface area contributed by atoms with E-state index in [1.807, 2.05) is 7.17 Å². The van der Waals surface area contributed by atoms with Crippen molar-refractivity contribution in [1.29, 1.82) is 0 Å². The van der Waals surface area contributed by atoms with Gasteiger partial charge in [-0.3, -0.25) is 0 Å². The Morgan fingerprint density at radius 1 is 0.706 bits per heavy atom. The molecule has 0 saturated carbocycles. The maximum atomic E-state index is 5.73. The summed E-state index contributed by atoms with van der Waals surface area (Å²) in [6.07, 6.45) is 16.4. The van der Waals surface area contributed by atoms with Gasteiger partial charge in [-0.25, -0.2) is 0 Å². The van der Waals surface area contributed by atoms with Crippen LogP contribution >= 0.6 is 0 Å². The minimum atomic E-state index is 0.679. The van der Waals surface area contributed by atoms with Crippen LogP contribution in [0.2, 0.25) is 5.82 Å². The molecule has 0 fully saturated rings. The van der Waals surface area contributed by atoms with Crippen LogP contribution in [0.1, 0.15) is 90.9 Å². The van der Waals surface area contributed by atoms with Gasteiger partial charge in [0.1, 0.15) is 0 Å². The Kier molecular flexibility index (Phi) is 14.3. The fourth-order valence-corrected chi connectivity index (χ4v) is 2.36. The zero-order chi connectivity index (χ0) is 12.8. The number of hydrogen-bond donors (Lipinski definition) is 0. The van der Waals surface area contributed by atoms with Crippen molar-refractivity contribution in [2.24, 2.45) is 0 Å². The fraction of sp³-hybridized carbons (Fsp3) is 1.00. The minimum absolute atomic E-state index is 0.679. The summed E-state index contributed by atoms with van der Waals surface area (Å²) in [6, 6.07) is 0. The molecule has 0 rings (SSSR count). The highest BCUT2D eigenvalue weighted by molar-refractivity contribution is 6.90. The highest BCUT2D eigenvalue weighted by atomic mass is 14.0. The van der Waals surface area contributed by atoms with E-state index in [4.69, 9.17) is 7.74 Å². The summed E-state index contributed by atoms with van der Waals surface area (Å²) in [6.45, 7) is 4.54. The van der Waals surface area contributed by atoms with E-state index in [1.165, 1.54) is 77.0 Å². The summed E-state index contributed by atoms with van der Waals surface area (Å²) >= 11 is 0. The standard InChI is InChI=1S/C15H31B2/c1-3-5-7-9-11-13-15(17-16)14-12-10-8-6-4-2/h15H,3-14H2,1-2H3. The van der Waals surface area contributed by atoms with E-state index in [-0.39, 0.29) is 0 Å². The lowest BCUT2D eigenvalue weighted by molar-refractivity contribution is 0.541. The maximum Gasteiger partial charge on any atom is 0.0587 e. The summed E-state index contributed by atoms with van der Waals surface area (Å²) in [5.41, 5.74) is 0. The zero-order valence-corrected chi connectivity index (χ0v) is 12.2. The molecule has 0 aromatic heterocycles. The van der Waals surface area contributed by atoms with Gasteiger partial charge in [-0.1, -0.05) is 96.7 Å². The van der Waals surface area contributed by atoms with Crippen molar-refractivity contribution in [1.82, 2.24) is 0 Å². The van der Waals surface area contributed by atoms with Crippen LogP contribution in [0, 0.1) is 0 Å². The maximum absolute atomic E-state index is 5.73. The van der Waals surface area contributed by atoms with Gasteiger partial charge < -0.3 is 0 Å². The molecule has 0 saturated heterocycles. The van der Waals surface area contributed by atoms with E-state index in [1.54, 1.807) is 0 Å². The van der Waals surface area contributed by atoms with E-state index in [9.17, 15) is 0 Å². The SMILES string of the molecule is [B][B]C(CCCCCCC)CCCCCCC. The third-order valence-electron chi connectivity index (χ3n) is 3.63. The molecule has 0 aliphatic carbocycles. The molecular formula is C15H31B2. The lowest BCUT2D eigenvalue weighted by Crippen LogP contribution is -2.04. The van der Waals surface area contributed by atoms with Crippen molar-refractivity contribution in [3.8, 4) is 0 Å². The van der Waals surface area contributed by atoms with Crippen LogP contribution in [0.4, 0.5) is 0 Å². The monoisotopic (exact) mass is 233 g/mol. The average molecular weight is 233 g/mol. The molecule has 0 aromatic carbocycles. The minimum Gasteiger partial charge on any atom is -0.0782 e. The molecule has 0 unspecified atom stereocenters. The first-order chi connectivity index (χ1) is 8.35. The number of rotatable bonds is 13. The number of hydrogen-bond acceptors (Lipinski definition) is 0. The van der Waals surface area contributed by atoms with Gasteiger partial charge in [0.15, 0.2) is 0 Å². The predicted octanol–water partition coefficient (Wildman–Crippen LogP) is 5.28. The van der Waals surface area contributed by atoms with Gasteiger partial charge in [0, 0.05) is 7.74 Å². The second-order valence-electron chi connectivity index (χ2n) is 5.36. The van der Waals surface area contributed by atoms with Crippen LogP contribution in [0.15, 0.2) is 0 Å². The van der Waals surface area contributed by atoms with Gasteiger partial charge in [-0.2, -0.15) is 0 Å². The fourth-order valence-electron chi connectivity index (χ4n) is 2.36. The molecule has 3 radical (unpaired) electrons. The van der Waals surface area contributed by atoms with Crippen LogP contribution in [0.5, 0.6) is 0 Å². The van der Waals surface area contributed by atoms with E-state index in [0.29, 0.717) is 5.82 Å². The van der Waals surface area contributed by atoms with Crippen molar-refractivity contribution in [2.75, 3.05) is 0 Å². The van der Waals surface area contributed by atoms with Gasteiger partial charge >= 0.3 is 0 Å². The van der Waals surface area contributed by atoms with E-state index in [2.05, 4.69) is 13.8 Å². The Morgan fingerprint density at radius 2 is 1.12 bits per heavy atom. The number of unbranched alkanes of at least 4 members (excludes halogenated alkanes) is 8. The van der Waals surface area contributed by atoms with Gasteiger partial charge in [0.2, 0.25) is 0 Å². The second-order valence-corrected chi connectivity index (χ2v) is 5.36. The highest BCUT2D eigenvalue weighted by Gasteiger charge is 2.05. The summed E-state index contributed by atoms with van der Waals surface area (Å²) in [5.74, 6) is 0.679. The van der Waals surface area contributed by atoms with E-state index in [0.717, 1.165) is 0 Å². The first-order valence-electron chi connectivity index (χ1n) is 7.90. The van der Waals surface area contributed by atoms with Gasteiger partial charge in [-0.15, -0.1) is 0 Å². The van der Waals surface area contributed by atoms with Gasteiger partial charge in [0.25, 0.3) is 0 Å². The Labute approximate surface area is 112 Å². The third kappa shape index (κ3) is 12.4. The summed E-state index contributed by atoms with van der Waals surface area (Å²) in [4.78, 5) is 0. The molecule has 0 N–H and O–H groups in total. The molecule has 0 atom stereocenters. The highest BCUT2D eigenvalue weighted by Crippen LogP contribution is 2.22. The zero-order valence-electron chi connectivity index (χ0n) is 12.2. The summed E-state index contributed by atoms with van der Waals surface area (Å²) < 4.78 is 0. The van der Waals surface area contributed by atoms with E-state index >= 15 is 0 Å². The van der Waals surface area contributed by atoms with Crippen LogP contribution in [-0.4, -0.2) is 14.9 Å². The smallest absolute Gasteiger partial charge is 0.0587 e. The molecule has 0 heterocycles. The lowest BCUT2D eigenvalue weighted by Gasteiger charge is -2.14. The molecule has 17 heavy (non-hydrogen) atoms. The molecule has 0 nitrogen and oxygen atoms in total. The third-order valence-corrected chi connectivity index (χ3v) is 3.63. The van der Waals surface area contributed by atoms with Crippen molar-refractivity contribution < 1.29 is 0 Å². The first kappa shape index (κ1) is 17.1. The molecule has 0 bridgehead atoms. The quantitative estimate of drug-likeness (QED) is 0.299. The normalized spacial score (nSPS) is 11.0. The Balaban J connectivity index is 3.30. The molecule has 0 aliphatic heterocycles. The van der Waals surface area contributed by atoms with Crippen molar-refractivity contribution >= 4 is 14.9 Å². The Morgan fingerprint density at radius 3 is 1.47 bits per heavy atom. The Bertz CT molecular complexity index is 123. The summed E-state index contributed by atoms with van der Waals surface area (Å²) in [7, 11) is 7.67. The van der Waals surface area contributed by atoms with Crippen LogP contribution in [0.3, 0.4) is 0 Å². The van der Waals surface area contributed by atoms with Crippen LogP contribution in [0.25, 0.3) is 0 Å². The van der Waals surface area contributed by atoms with Gasteiger partial charge in [0.05, 0.1) is 7.17 Å². The van der Waals surface area contributed by atoms with Crippen molar-refractivity contribution in [3.63, 3.8) is 0 Å². The summed E-state index contributed by atoms with van der Waals surface area (Å²) in [5, 5.41) is 0. The molecule has 0 amide bonds. The van der Waals surface area contributed by atoms with E-state index < -0.39 is 0 Å². The molecule has 97 valence electrons. The molecule has 0 aromatic rings. The topological polar surface area (TPSA) is 0 Å². The molecule has 0 spiro atoms. The Hall–Kier alpha value is 0.130. The molecule has 0 aliphatic rings.